The van der Waals surface area contributed by atoms with Crippen molar-refractivity contribution in [3.05, 3.63) is 114 Å². The van der Waals surface area contributed by atoms with Crippen LogP contribution in [0.15, 0.2) is 97.3 Å². The number of pyridine rings is 1. The average Bonchev–Trinajstić information content (AvgIpc) is 3.45. The predicted octanol–water partition coefficient (Wildman–Crippen LogP) is 5.14. The molecule has 0 unspecified atom stereocenters. The van der Waals surface area contributed by atoms with Gasteiger partial charge in [0.05, 0.1) is 17.8 Å². The van der Waals surface area contributed by atoms with Gasteiger partial charge >= 0.3 is 0 Å². The second-order valence-corrected chi connectivity index (χ2v) is 8.77. The Morgan fingerprint density at radius 2 is 1.85 bits per heavy atom. The van der Waals surface area contributed by atoms with Gasteiger partial charge in [-0.05, 0) is 66.8 Å². The molecular weight excluding hydrogens is 466 g/mol. The molecule has 2 atom stereocenters. The molecule has 0 spiro atoms. The molecule has 1 fully saturated rings. The number of nitrogens with zero attached hydrogens (tertiary/aromatic N) is 3. The van der Waals surface area contributed by atoms with E-state index in [1.165, 1.54) is 0 Å². The number of hydrogen-bond donors (Lipinski definition) is 2. The minimum absolute atomic E-state index is 0.0927. The van der Waals surface area contributed by atoms with Gasteiger partial charge in [0, 0.05) is 34.5 Å². The van der Waals surface area contributed by atoms with E-state index in [4.69, 9.17) is 23.8 Å². The maximum atomic E-state index is 13.0. The van der Waals surface area contributed by atoms with Gasteiger partial charge in [0.1, 0.15) is 6.54 Å². The highest BCUT2D eigenvalue weighted by Crippen LogP contribution is 2.39. The highest BCUT2D eigenvalue weighted by molar-refractivity contribution is 7.80. The van der Waals surface area contributed by atoms with E-state index in [0.29, 0.717) is 10.1 Å². The van der Waals surface area contributed by atoms with E-state index in [1.54, 1.807) is 6.20 Å². The van der Waals surface area contributed by atoms with Gasteiger partial charge in [-0.25, -0.2) is 0 Å². The van der Waals surface area contributed by atoms with Crippen LogP contribution in [0, 0.1) is 0 Å². The summed E-state index contributed by atoms with van der Waals surface area (Å²) in [6, 6.07) is 26.4. The number of hydrogen-bond acceptors (Lipinski definition) is 3. The smallest absolute Gasteiger partial charge is 0.244 e. The Morgan fingerprint density at radius 3 is 2.62 bits per heavy atom. The van der Waals surface area contributed by atoms with Crippen LogP contribution in [0.5, 0.6) is 0 Å². The second-order valence-electron chi connectivity index (χ2n) is 7.95. The van der Waals surface area contributed by atoms with Crippen LogP contribution in [0.2, 0.25) is 5.02 Å². The Kier molecular flexibility index (Phi) is 6.29. The van der Waals surface area contributed by atoms with Gasteiger partial charge in [-0.1, -0.05) is 41.9 Å². The number of rotatable bonds is 6. The van der Waals surface area contributed by atoms with Crippen molar-refractivity contribution in [2.75, 3.05) is 11.9 Å². The van der Waals surface area contributed by atoms with Crippen LogP contribution in [-0.4, -0.2) is 32.0 Å². The summed E-state index contributed by atoms with van der Waals surface area (Å²) in [5.74, 6) is -0.150. The first-order chi connectivity index (χ1) is 16.6. The largest absolute Gasteiger partial charge is 0.352 e. The molecule has 4 aromatic rings. The SMILES string of the molecule is O=C(CN1C(=S)N[C@H](c2ccccn2)[C@@H]1c1cccn1-c1cccc(Cl)c1)Nc1ccccc1. The third-order valence-electron chi connectivity index (χ3n) is 5.74. The molecule has 34 heavy (non-hydrogen) atoms. The summed E-state index contributed by atoms with van der Waals surface area (Å²) in [6.07, 6.45) is 3.75. The first-order valence-electron chi connectivity index (χ1n) is 10.9. The Hall–Kier alpha value is -3.68. The summed E-state index contributed by atoms with van der Waals surface area (Å²) in [4.78, 5) is 19.5. The number of aromatic nitrogens is 2. The van der Waals surface area contributed by atoms with Crippen molar-refractivity contribution < 1.29 is 4.79 Å². The van der Waals surface area contributed by atoms with Crippen LogP contribution in [-0.2, 0) is 4.79 Å². The van der Waals surface area contributed by atoms with Crippen LogP contribution in [0.4, 0.5) is 5.69 Å². The van der Waals surface area contributed by atoms with E-state index in [-0.39, 0.29) is 24.5 Å². The van der Waals surface area contributed by atoms with Gasteiger partial charge in [-0.3, -0.25) is 9.78 Å². The number of carbonyl (C=O) groups is 1. The summed E-state index contributed by atoms with van der Waals surface area (Å²) >= 11 is 12.0. The number of amides is 1. The number of para-hydroxylation sites is 1. The van der Waals surface area contributed by atoms with E-state index in [9.17, 15) is 4.79 Å². The molecule has 0 aliphatic carbocycles. The Bertz CT molecular complexity index is 1310. The van der Waals surface area contributed by atoms with Crippen molar-refractivity contribution in [3.8, 4) is 5.69 Å². The zero-order valence-electron chi connectivity index (χ0n) is 18.1. The quantitative estimate of drug-likeness (QED) is 0.369. The molecular formula is C26H22ClN5OS. The summed E-state index contributed by atoms with van der Waals surface area (Å²) in [5, 5.41) is 7.50. The lowest BCUT2D eigenvalue weighted by atomic mass is 10.0. The van der Waals surface area contributed by atoms with Crippen LogP contribution in [0.3, 0.4) is 0 Å². The zero-order valence-corrected chi connectivity index (χ0v) is 19.7. The lowest BCUT2D eigenvalue weighted by Gasteiger charge is -2.28. The van der Waals surface area contributed by atoms with E-state index >= 15 is 0 Å². The van der Waals surface area contributed by atoms with Crippen molar-refractivity contribution in [1.82, 2.24) is 19.8 Å². The maximum Gasteiger partial charge on any atom is 0.244 e. The van der Waals surface area contributed by atoms with E-state index in [1.807, 2.05) is 96.0 Å². The normalized spacial score (nSPS) is 17.4. The van der Waals surface area contributed by atoms with E-state index < -0.39 is 0 Å². The first kappa shape index (κ1) is 22.1. The molecule has 5 rings (SSSR count). The van der Waals surface area contributed by atoms with E-state index in [2.05, 4.69) is 20.2 Å². The molecule has 8 heteroatoms. The van der Waals surface area contributed by atoms with Gasteiger partial charge in [0.2, 0.25) is 5.91 Å². The molecule has 2 aromatic heterocycles. The number of anilines is 1. The Labute approximate surface area is 208 Å². The lowest BCUT2D eigenvalue weighted by molar-refractivity contribution is -0.116. The fourth-order valence-corrected chi connectivity index (χ4v) is 4.76. The highest BCUT2D eigenvalue weighted by atomic mass is 35.5. The van der Waals surface area contributed by atoms with Crippen molar-refractivity contribution in [2.24, 2.45) is 0 Å². The van der Waals surface area contributed by atoms with Crippen LogP contribution < -0.4 is 10.6 Å². The Morgan fingerprint density at radius 1 is 1.03 bits per heavy atom. The van der Waals surface area contributed by atoms with Crippen LogP contribution in [0.1, 0.15) is 23.5 Å². The molecule has 170 valence electrons. The Balaban J connectivity index is 1.52. The first-order valence-corrected chi connectivity index (χ1v) is 11.6. The summed E-state index contributed by atoms with van der Waals surface area (Å²) in [6.45, 7) is 0.0927. The van der Waals surface area contributed by atoms with Crippen molar-refractivity contribution in [3.63, 3.8) is 0 Å². The summed E-state index contributed by atoms with van der Waals surface area (Å²) in [7, 11) is 0. The number of thiocarbonyl (C=S) groups is 1. The number of benzene rings is 2. The number of nitrogens with one attached hydrogen (secondary N) is 2. The van der Waals surface area contributed by atoms with Crippen LogP contribution >= 0.6 is 23.8 Å². The summed E-state index contributed by atoms with van der Waals surface area (Å²) in [5.41, 5.74) is 3.49. The molecule has 1 aliphatic rings. The fraction of sp³-hybridized carbons (Fsp3) is 0.115. The maximum absolute atomic E-state index is 13.0. The van der Waals surface area contributed by atoms with Crippen molar-refractivity contribution >= 4 is 40.5 Å². The summed E-state index contributed by atoms with van der Waals surface area (Å²) < 4.78 is 2.07. The van der Waals surface area contributed by atoms with Gasteiger partial charge in [0.15, 0.2) is 5.11 Å². The van der Waals surface area contributed by atoms with Gasteiger partial charge in [-0.15, -0.1) is 0 Å². The highest BCUT2D eigenvalue weighted by Gasteiger charge is 2.42. The third-order valence-corrected chi connectivity index (χ3v) is 6.33. The third kappa shape index (κ3) is 4.53. The molecule has 1 saturated heterocycles. The molecule has 1 aliphatic heterocycles. The average molecular weight is 488 g/mol. The standard InChI is InChI=1S/C26H22ClN5OS/c27-18-8-6-11-20(16-18)31-15-7-13-22(31)25-24(21-12-4-5-14-28-21)30-26(34)32(25)17-23(33)29-19-9-2-1-3-10-19/h1-16,24-25H,17H2,(H,29,33)(H,30,34)/t24-,25+/m1/s1. The fourth-order valence-electron chi connectivity index (χ4n) is 4.27. The molecule has 0 saturated carbocycles. The number of halogens is 1. The molecule has 3 heterocycles. The zero-order chi connectivity index (χ0) is 23.5. The van der Waals surface area contributed by atoms with Gasteiger partial charge < -0.3 is 20.1 Å². The van der Waals surface area contributed by atoms with Crippen molar-refractivity contribution in [1.29, 1.82) is 0 Å². The topological polar surface area (TPSA) is 62.2 Å². The lowest BCUT2D eigenvalue weighted by Crippen LogP contribution is -2.37. The van der Waals surface area contributed by atoms with Gasteiger partial charge in [0.25, 0.3) is 0 Å². The number of carbonyl (C=O) groups excluding carboxylic acids is 1. The van der Waals surface area contributed by atoms with Crippen molar-refractivity contribution in [2.45, 2.75) is 12.1 Å². The molecule has 2 aromatic carbocycles. The molecule has 6 nitrogen and oxygen atoms in total. The molecule has 1 amide bonds. The monoisotopic (exact) mass is 487 g/mol. The van der Waals surface area contributed by atoms with Crippen LogP contribution in [0.25, 0.3) is 5.69 Å². The predicted molar refractivity (Wildman–Crippen MR) is 138 cm³/mol. The van der Waals surface area contributed by atoms with E-state index in [0.717, 1.165) is 22.8 Å². The second kappa shape index (κ2) is 9.67. The molecule has 2 N–H and O–H groups in total. The van der Waals surface area contributed by atoms with Gasteiger partial charge in [-0.2, -0.15) is 0 Å². The molecule has 0 bridgehead atoms. The molecule has 0 radical (unpaired) electrons. The minimum Gasteiger partial charge on any atom is -0.352 e. The minimum atomic E-state index is -0.266.